The molecule has 0 aliphatic carbocycles. The molecule has 4 heterocycles. The van der Waals surface area contributed by atoms with Gasteiger partial charge in [-0.1, -0.05) is 18.2 Å². The van der Waals surface area contributed by atoms with E-state index in [2.05, 4.69) is 50.4 Å². The fourth-order valence-corrected chi connectivity index (χ4v) is 5.03. The van der Waals surface area contributed by atoms with Gasteiger partial charge < -0.3 is 10.2 Å². The Bertz CT molecular complexity index is 1310. The van der Waals surface area contributed by atoms with E-state index < -0.39 is 0 Å². The molecule has 1 aromatic carbocycles. The molecule has 4 aromatic rings. The van der Waals surface area contributed by atoms with Crippen molar-refractivity contribution in [3.8, 4) is 11.1 Å². The lowest BCUT2D eigenvalue weighted by atomic mass is 9.93. The van der Waals surface area contributed by atoms with Crippen molar-refractivity contribution in [2.45, 2.75) is 32.6 Å². The van der Waals surface area contributed by atoms with Crippen molar-refractivity contribution in [1.29, 1.82) is 0 Å². The highest BCUT2D eigenvalue weighted by atomic mass is 79.9. The van der Waals surface area contributed by atoms with Gasteiger partial charge >= 0.3 is 6.03 Å². The summed E-state index contributed by atoms with van der Waals surface area (Å²) in [5.74, 6) is 0.288. The zero-order chi connectivity index (χ0) is 22.2. The molecule has 1 aliphatic rings. The quantitative estimate of drug-likeness (QED) is 0.440. The number of aromatic nitrogens is 4. The number of halogens is 1. The number of para-hydroxylation sites is 1. The number of likely N-dealkylation sites (tertiary alicyclic amines) is 1. The number of hydrogen-bond donors (Lipinski definition) is 1. The minimum Gasteiger partial charge on any atom is -0.338 e. The second-order valence-electron chi connectivity index (χ2n) is 8.20. The van der Waals surface area contributed by atoms with Crippen LogP contribution < -0.4 is 5.32 Å². The summed E-state index contributed by atoms with van der Waals surface area (Å²) in [4.78, 5) is 23.8. The number of nitrogens with one attached hydrogen (secondary N) is 1. The van der Waals surface area contributed by atoms with Crippen molar-refractivity contribution in [1.82, 2.24) is 29.8 Å². The molecular weight excluding hydrogens is 468 g/mol. The predicted octanol–water partition coefficient (Wildman–Crippen LogP) is 4.92. The SMILES string of the molecule is CCNC(=O)N1CCC(c2nc3c(-c4cnc5ccccc5c4)cnn3c(C)c2Br)CC1. The minimum absolute atomic E-state index is 0.0199. The van der Waals surface area contributed by atoms with Gasteiger partial charge in [0.2, 0.25) is 0 Å². The topological polar surface area (TPSA) is 75.4 Å². The average molecular weight is 493 g/mol. The van der Waals surface area contributed by atoms with Crippen LogP contribution in [0.3, 0.4) is 0 Å². The molecule has 0 atom stereocenters. The van der Waals surface area contributed by atoms with Gasteiger partial charge in [0, 0.05) is 48.3 Å². The van der Waals surface area contributed by atoms with E-state index in [0.717, 1.165) is 69.5 Å². The predicted molar refractivity (Wildman–Crippen MR) is 129 cm³/mol. The first-order valence-electron chi connectivity index (χ1n) is 11.0. The summed E-state index contributed by atoms with van der Waals surface area (Å²) < 4.78 is 2.88. The fraction of sp³-hybridized carbons (Fsp3) is 0.333. The molecule has 0 bridgehead atoms. The molecule has 1 saturated heterocycles. The molecule has 32 heavy (non-hydrogen) atoms. The van der Waals surface area contributed by atoms with Gasteiger partial charge in [-0.2, -0.15) is 5.10 Å². The monoisotopic (exact) mass is 492 g/mol. The van der Waals surface area contributed by atoms with Crippen molar-refractivity contribution in [2.24, 2.45) is 0 Å². The highest BCUT2D eigenvalue weighted by Crippen LogP contribution is 2.36. The highest BCUT2D eigenvalue weighted by Gasteiger charge is 2.27. The maximum atomic E-state index is 12.2. The Balaban J connectivity index is 1.51. The summed E-state index contributed by atoms with van der Waals surface area (Å²) in [5, 5.41) is 8.60. The summed E-state index contributed by atoms with van der Waals surface area (Å²) in [7, 11) is 0. The first kappa shape index (κ1) is 20.9. The molecule has 1 aliphatic heterocycles. The second kappa shape index (κ2) is 8.50. The Labute approximate surface area is 195 Å². The van der Waals surface area contributed by atoms with E-state index in [-0.39, 0.29) is 11.9 Å². The first-order valence-corrected chi connectivity index (χ1v) is 11.8. The van der Waals surface area contributed by atoms with Crippen LogP contribution in [0, 0.1) is 6.92 Å². The first-order chi connectivity index (χ1) is 15.6. The number of carbonyl (C=O) groups is 1. The summed E-state index contributed by atoms with van der Waals surface area (Å²) in [6.45, 7) is 6.11. The highest BCUT2D eigenvalue weighted by molar-refractivity contribution is 9.10. The number of benzene rings is 1. The molecule has 5 rings (SSSR count). The van der Waals surface area contributed by atoms with E-state index in [1.165, 1.54) is 0 Å². The van der Waals surface area contributed by atoms with E-state index in [4.69, 9.17) is 4.98 Å². The molecule has 3 aromatic heterocycles. The molecule has 8 heteroatoms. The van der Waals surface area contributed by atoms with Crippen LogP contribution in [0.15, 0.2) is 47.2 Å². The number of pyridine rings is 1. The molecule has 1 N–H and O–H groups in total. The van der Waals surface area contributed by atoms with Crippen LogP contribution in [-0.2, 0) is 0 Å². The normalized spacial score (nSPS) is 14.9. The zero-order valence-electron chi connectivity index (χ0n) is 18.2. The van der Waals surface area contributed by atoms with E-state index >= 15 is 0 Å². The molecule has 0 spiro atoms. The number of piperidine rings is 1. The van der Waals surface area contributed by atoms with E-state index in [1.807, 2.05) is 46.9 Å². The lowest BCUT2D eigenvalue weighted by molar-refractivity contribution is 0.181. The smallest absolute Gasteiger partial charge is 0.317 e. The van der Waals surface area contributed by atoms with Gasteiger partial charge in [0.1, 0.15) is 0 Å². The molecule has 0 saturated carbocycles. The largest absolute Gasteiger partial charge is 0.338 e. The van der Waals surface area contributed by atoms with E-state index in [0.29, 0.717) is 6.54 Å². The maximum absolute atomic E-state index is 12.2. The van der Waals surface area contributed by atoms with Crippen LogP contribution in [-0.4, -0.2) is 50.1 Å². The van der Waals surface area contributed by atoms with E-state index in [1.54, 1.807) is 0 Å². The summed E-state index contributed by atoms with van der Waals surface area (Å²) in [6, 6.07) is 10.3. The summed E-state index contributed by atoms with van der Waals surface area (Å²) >= 11 is 3.78. The Morgan fingerprint density at radius 2 is 2.00 bits per heavy atom. The van der Waals surface area contributed by atoms with Gasteiger partial charge in [-0.3, -0.25) is 4.98 Å². The molecule has 2 amide bonds. The van der Waals surface area contributed by atoms with Crippen LogP contribution in [0.1, 0.15) is 37.1 Å². The van der Waals surface area contributed by atoms with Crippen LogP contribution >= 0.6 is 15.9 Å². The summed E-state index contributed by atoms with van der Waals surface area (Å²) in [5.41, 5.74) is 5.85. The van der Waals surface area contributed by atoms with Crippen molar-refractivity contribution in [2.75, 3.05) is 19.6 Å². The summed E-state index contributed by atoms with van der Waals surface area (Å²) in [6.07, 6.45) is 5.54. The van der Waals surface area contributed by atoms with Crippen LogP contribution in [0.4, 0.5) is 4.79 Å². The maximum Gasteiger partial charge on any atom is 0.317 e. The van der Waals surface area contributed by atoms with Gasteiger partial charge in [0.25, 0.3) is 0 Å². The number of rotatable bonds is 3. The molecule has 7 nitrogen and oxygen atoms in total. The van der Waals surface area contributed by atoms with Crippen molar-refractivity contribution >= 4 is 38.5 Å². The molecular formula is C24H25BrN6O. The number of nitrogens with zero attached hydrogens (tertiary/aromatic N) is 5. The Hall–Kier alpha value is -3.00. The van der Waals surface area contributed by atoms with Crippen molar-refractivity contribution < 1.29 is 4.79 Å². The van der Waals surface area contributed by atoms with Gasteiger partial charge in [-0.25, -0.2) is 14.3 Å². The van der Waals surface area contributed by atoms with Gasteiger partial charge in [0.05, 0.1) is 27.6 Å². The number of fused-ring (bicyclic) bond motifs is 2. The van der Waals surface area contributed by atoms with Gasteiger partial charge in [-0.15, -0.1) is 0 Å². The third-order valence-corrected chi connectivity index (χ3v) is 7.21. The number of urea groups is 1. The van der Waals surface area contributed by atoms with Crippen molar-refractivity contribution in [3.63, 3.8) is 0 Å². The molecule has 0 unspecified atom stereocenters. The Morgan fingerprint density at radius 3 is 2.78 bits per heavy atom. The number of hydrogen-bond acceptors (Lipinski definition) is 4. The minimum atomic E-state index is 0.0199. The van der Waals surface area contributed by atoms with Crippen LogP contribution in [0.25, 0.3) is 27.7 Å². The number of aryl methyl sites for hydroxylation is 1. The third kappa shape index (κ3) is 3.62. The average Bonchev–Trinajstić information content (AvgIpc) is 3.25. The third-order valence-electron chi connectivity index (χ3n) is 6.23. The molecule has 0 radical (unpaired) electrons. The molecule has 1 fully saturated rings. The van der Waals surface area contributed by atoms with Crippen molar-refractivity contribution in [3.05, 3.63) is 58.6 Å². The second-order valence-corrected chi connectivity index (χ2v) is 9.00. The zero-order valence-corrected chi connectivity index (χ0v) is 19.8. The Kier molecular flexibility index (Phi) is 5.55. The fourth-order valence-electron chi connectivity index (χ4n) is 4.45. The number of amides is 2. The van der Waals surface area contributed by atoms with Crippen LogP contribution in [0.5, 0.6) is 0 Å². The van der Waals surface area contributed by atoms with Crippen LogP contribution in [0.2, 0.25) is 0 Å². The van der Waals surface area contributed by atoms with Gasteiger partial charge in [-0.05, 0) is 54.8 Å². The lowest BCUT2D eigenvalue weighted by Gasteiger charge is -2.32. The van der Waals surface area contributed by atoms with E-state index in [9.17, 15) is 4.79 Å². The standard InChI is InChI=1S/C24H25BrN6O/c1-3-26-24(32)30-10-8-16(9-11-30)22-21(25)15(2)31-23(29-22)19(14-28-31)18-12-17-6-4-5-7-20(17)27-13-18/h4-7,12-14,16H,3,8-11H2,1-2H3,(H,26,32). The van der Waals surface area contributed by atoms with Gasteiger partial charge in [0.15, 0.2) is 5.65 Å². The number of carbonyl (C=O) groups excluding carboxylic acids is 1. The lowest BCUT2D eigenvalue weighted by Crippen LogP contribution is -2.44. The molecule has 164 valence electrons. The Morgan fingerprint density at radius 1 is 1.22 bits per heavy atom.